The second-order valence-electron chi connectivity index (χ2n) is 4.91. The minimum Gasteiger partial charge on any atom is -0.352 e. The van der Waals surface area contributed by atoms with Gasteiger partial charge in [-0.3, -0.25) is 0 Å². The topological polar surface area (TPSA) is 42.2 Å². The predicted octanol–water partition coefficient (Wildman–Crippen LogP) is 2.72. The predicted molar refractivity (Wildman–Crippen MR) is 75.3 cm³/mol. The lowest BCUT2D eigenvalue weighted by molar-refractivity contribution is 0.347. The number of pyridine rings is 1. The van der Waals surface area contributed by atoms with E-state index in [1.807, 2.05) is 6.20 Å². The molecule has 1 aliphatic rings. The maximum atomic E-state index is 5.92. The van der Waals surface area contributed by atoms with Gasteiger partial charge in [-0.15, -0.1) is 0 Å². The van der Waals surface area contributed by atoms with Crippen LogP contribution in [-0.2, 0) is 0 Å². The lowest BCUT2D eigenvalue weighted by Gasteiger charge is -2.40. The molecule has 94 valence electrons. The summed E-state index contributed by atoms with van der Waals surface area (Å²) in [6, 6.07) is 2.55. The first-order chi connectivity index (χ1) is 8.13. The molecule has 1 saturated heterocycles. The molecule has 1 aliphatic heterocycles. The summed E-state index contributed by atoms with van der Waals surface area (Å²) in [5.74, 6) is 1.74. The van der Waals surface area contributed by atoms with E-state index in [0.717, 1.165) is 16.8 Å². The molecular formula is C13H20BrN3. The first-order valence-corrected chi connectivity index (χ1v) is 7.01. The third-order valence-electron chi connectivity index (χ3n) is 3.65. The molecule has 1 fully saturated rings. The van der Waals surface area contributed by atoms with Gasteiger partial charge in [-0.05, 0) is 53.2 Å². The molecule has 2 unspecified atom stereocenters. The van der Waals surface area contributed by atoms with Gasteiger partial charge in [-0.2, -0.15) is 0 Å². The van der Waals surface area contributed by atoms with Crippen LogP contribution in [0.4, 0.5) is 5.82 Å². The maximum absolute atomic E-state index is 5.92. The van der Waals surface area contributed by atoms with E-state index in [0.29, 0.717) is 18.5 Å². The van der Waals surface area contributed by atoms with Gasteiger partial charge in [0.25, 0.3) is 0 Å². The highest BCUT2D eigenvalue weighted by molar-refractivity contribution is 9.10. The Balaban J connectivity index is 2.30. The Labute approximate surface area is 112 Å². The maximum Gasteiger partial charge on any atom is 0.131 e. The van der Waals surface area contributed by atoms with Crippen molar-refractivity contribution in [3.05, 3.63) is 22.3 Å². The standard InChI is InChI=1S/C13H20BrN3/c1-9-4-3-5-17(12(9)7-15)13-10(2)6-11(14)8-16-13/h6,8-9,12H,3-5,7,15H2,1-2H3. The second kappa shape index (κ2) is 5.36. The molecule has 4 heteroatoms. The molecule has 0 aliphatic carbocycles. The van der Waals surface area contributed by atoms with Crippen LogP contribution in [0, 0.1) is 12.8 Å². The fraction of sp³-hybridized carbons (Fsp3) is 0.615. The summed E-state index contributed by atoms with van der Waals surface area (Å²) < 4.78 is 1.04. The molecule has 2 heterocycles. The molecule has 17 heavy (non-hydrogen) atoms. The van der Waals surface area contributed by atoms with E-state index in [1.54, 1.807) is 0 Å². The van der Waals surface area contributed by atoms with Gasteiger partial charge in [-0.1, -0.05) is 6.92 Å². The van der Waals surface area contributed by atoms with Crippen LogP contribution in [0.3, 0.4) is 0 Å². The van der Waals surface area contributed by atoms with E-state index in [1.165, 1.54) is 18.4 Å². The van der Waals surface area contributed by atoms with E-state index >= 15 is 0 Å². The van der Waals surface area contributed by atoms with Gasteiger partial charge in [0.05, 0.1) is 0 Å². The van der Waals surface area contributed by atoms with Crippen LogP contribution in [-0.4, -0.2) is 24.1 Å². The molecule has 3 nitrogen and oxygen atoms in total. The van der Waals surface area contributed by atoms with Crippen LogP contribution in [0.5, 0.6) is 0 Å². The molecule has 2 rings (SSSR count). The second-order valence-corrected chi connectivity index (χ2v) is 5.83. The quantitative estimate of drug-likeness (QED) is 0.913. The number of hydrogen-bond acceptors (Lipinski definition) is 3. The highest BCUT2D eigenvalue weighted by atomic mass is 79.9. The lowest BCUT2D eigenvalue weighted by Crippen LogP contribution is -2.49. The Hall–Kier alpha value is -0.610. The van der Waals surface area contributed by atoms with Gasteiger partial charge >= 0.3 is 0 Å². The van der Waals surface area contributed by atoms with Gasteiger partial charge in [0.2, 0.25) is 0 Å². The molecule has 0 saturated carbocycles. The van der Waals surface area contributed by atoms with Crippen LogP contribution in [0.2, 0.25) is 0 Å². The number of piperidine rings is 1. The summed E-state index contributed by atoms with van der Waals surface area (Å²) in [7, 11) is 0. The average Bonchev–Trinajstić information content (AvgIpc) is 2.29. The Kier molecular flexibility index (Phi) is 4.05. The van der Waals surface area contributed by atoms with Crippen molar-refractivity contribution in [2.24, 2.45) is 11.7 Å². The molecule has 0 radical (unpaired) electrons. The van der Waals surface area contributed by atoms with Crippen molar-refractivity contribution in [3.63, 3.8) is 0 Å². The summed E-state index contributed by atoms with van der Waals surface area (Å²) in [5.41, 5.74) is 7.14. The Morgan fingerprint density at radius 2 is 2.35 bits per heavy atom. The molecule has 1 aromatic rings. The van der Waals surface area contributed by atoms with E-state index < -0.39 is 0 Å². The van der Waals surface area contributed by atoms with Gasteiger partial charge in [-0.25, -0.2) is 4.98 Å². The minimum absolute atomic E-state index is 0.427. The number of halogens is 1. The molecule has 2 N–H and O–H groups in total. The number of anilines is 1. The summed E-state index contributed by atoms with van der Waals surface area (Å²) in [4.78, 5) is 6.94. The summed E-state index contributed by atoms with van der Waals surface area (Å²) in [6.45, 7) is 6.18. The zero-order chi connectivity index (χ0) is 12.4. The minimum atomic E-state index is 0.427. The Morgan fingerprint density at radius 3 is 3.00 bits per heavy atom. The first kappa shape index (κ1) is 12.8. The van der Waals surface area contributed by atoms with Crippen molar-refractivity contribution < 1.29 is 0 Å². The fourth-order valence-corrected chi connectivity index (χ4v) is 3.15. The van der Waals surface area contributed by atoms with E-state index in [9.17, 15) is 0 Å². The van der Waals surface area contributed by atoms with E-state index in [-0.39, 0.29) is 0 Å². The highest BCUT2D eigenvalue weighted by Crippen LogP contribution is 2.29. The monoisotopic (exact) mass is 297 g/mol. The molecule has 0 aromatic carbocycles. The number of nitrogens with two attached hydrogens (primary N) is 1. The van der Waals surface area contributed by atoms with Crippen LogP contribution in [0.15, 0.2) is 16.7 Å². The Morgan fingerprint density at radius 1 is 1.59 bits per heavy atom. The fourth-order valence-electron chi connectivity index (χ4n) is 2.71. The van der Waals surface area contributed by atoms with Crippen molar-refractivity contribution in [3.8, 4) is 0 Å². The third kappa shape index (κ3) is 2.63. The van der Waals surface area contributed by atoms with Crippen molar-refractivity contribution >= 4 is 21.7 Å². The largest absolute Gasteiger partial charge is 0.352 e. The zero-order valence-corrected chi connectivity index (χ0v) is 12.1. The number of aryl methyl sites for hydroxylation is 1. The highest BCUT2D eigenvalue weighted by Gasteiger charge is 2.28. The molecule has 2 atom stereocenters. The van der Waals surface area contributed by atoms with Gasteiger partial charge < -0.3 is 10.6 Å². The molecule has 0 spiro atoms. The SMILES string of the molecule is Cc1cc(Br)cnc1N1CCCC(C)C1CN. The molecular weight excluding hydrogens is 278 g/mol. The van der Waals surface area contributed by atoms with Gasteiger partial charge in [0, 0.05) is 29.8 Å². The molecule has 0 bridgehead atoms. The number of nitrogens with zero attached hydrogens (tertiary/aromatic N) is 2. The van der Waals surface area contributed by atoms with Gasteiger partial charge in [0.15, 0.2) is 0 Å². The Bertz CT molecular complexity index is 394. The number of hydrogen-bond donors (Lipinski definition) is 1. The average molecular weight is 298 g/mol. The van der Waals surface area contributed by atoms with Crippen LogP contribution < -0.4 is 10.6 Å². The van der Waals surface area contributed by atoms with Crippen LogP contribution in [0.25, 0.3) is 0 Å². The summed E-state index contributed by atoms with van der Waals surface area (Å²) in [6.07, 6.45) is 4.37. The normalized spacial score (nSPS) is 25.1. The number of rotatable bonds is 2. The van der Waals surface area contributed by atoms with Crippen LogP contribution in [0.1, 0.15) is 25.3 Å². The van der Waals surface area contributed by atoms with Crippen molar-refractivity contribution in [1.82, 2.24) is 4.98 Å². The van der Waals surface area contributed by atoms with Crippen molar-refractivity contribution in [2.75, 3.05) is 18.0 Å². The molecule has 0 amide bonds. The lowest BCUT2D eigenvalue weighted by atomic mass is 9.90. The molecule has 1 aromatic heterocycles. The van der Waals surface area contributed by atoms with Crippen molar-refractivity contribution in [1.29, 1.82) is 0 Å². The zero-order valence-electron chi connectivity index (χ0n) is 10.5. The van der Waals surface area contributed by atoms with Crippen molar-refractivity contribution in [2.45, 2.75) is 32.7 Å². The summed E-state index contributed by atoms with van der Waals surface area (Å²) >= 11 is 3.46. The van der Waals surface area contributed by atoms with Crippen LogP contribution >= 0.6 is 15.9 Å². The van der Waals surface area contributed by atoms with E-state index in [4.69, 9.17) is 5.73 Å². The third-order valence-corrected chi connectivity index (χ3v) is 4.08. The number of aromatic nitrogens is 1. The first-order valence-electron chi connectivity index (χ1n) is 6.22. The van der Waals surface area contributed by atoms with Gasteiger partial charge in [0.1, 0.15) is 5.82 Å². The smallest absolute Gasteiger partial charge is 0.131 e. The summed E-state index contributed by atoms with van der Waals surface area (Å²) in [5, 5.41) is 0. The van der Waals surface area contributed by atoms with E-state index in [2.05, 4.69) is 45.7 Å².